The maximum Gasteiger partial charge on any atom is 0.270 e. The zero-order valence-electron chi connectivity index (χ0n) is 17.0. The number of anilines is 1. The van der Waals surface area contributed by atoms with Gasteiger partial charge in [0.1, 0.15) is 16.9 Å². The predicted molar refractivity (Wildman–Crippen MR) is 119 cm³/mol. The zero-order valence-corrected chi connectivity index (χ0v) is 17.0. The van der Waals surface area contributed by atoms with Crippen LogP contribution in [-0.4, -0.2) is 42.4 Å². The van der Waals surface area contributed by atoms with Crippen LogP contribution in [0.3, 0.4) is 0 Å². The number of rotatable bonds is 5. The van der Waals surface area contributed by atoms with E-state index < -0.39 is 0 Å². The summed E-state index contributed by atoms with van der Waals surface area (Å²) in [7, 11) is 3.79. The van der Waals surface area contributed by atoms with Crippen molar-refractivity contribution in [2.75, 3.05) is 12.4 Å². The van der Waals surface area contributed by atoms with Gasteiger partial charge in [0.25, 0.3) is 5.91 Å². The number of hydrogen-bond acceptors (Lipinski definition) is 6. The Morgan fingerprint density at radius 1 is 1.13 bits per heavy atom. The number of carbonyl (C=O) groups excluding carboxylic acids is 1. The molecule has 0 atom stereocenters. The van der Waals surface area contributed by atoms with Crippen molar-refractivity contribution < 1.29 is 4.79 Å². The standard InChI is InChI=1S/C22H20N8O/c1-23-21-18-19(30(2)12-26-18)14-10-17(28-20(14)29-21)15-8-5-6-13(27-15)11-25-22(31)16-7-3-4-9-24-16/h3-10,12H,11H2,1-2H3,(H,25,31)(H2,23,28,29). The fourth-order valence-corrected chi connectivity index (χ4v) is 3.60. The lowest BCUT2D eigenvalue weighted by Gasteiger charge is -2.05. The van der Waals surface area contributed by atoms with Gasteiger partial charge in [-0.2, -0.15) is 0 Å². The molecule has 3 N–H and O–H groups in total. The summed E-state index contributed by atoms with van der Waals surface area (Å²) in [4.78, 5) is 33.5. The van der Waals surface area contributed by atoms with Gasteiger partial charge in [-0.25, -0.2) is 15.0 Å². The van der Waals surface area contributed by atoms with Crippen LogP contribution in [0.25, 0.3) is 33.5 Å². The third-order valence-corrected chi connectivity index (χ3v) is 5.08. The van der Waals surface area contributed by atoms with Gasteiger partial charge in [0.2, 0.25) is 0 Å². The monoisotopic (exact) mass is 412 g/mol. The minimum Gasteiger partial charge on any atom is -0.371 e. The number of hydrogen-bond donors (Lipinski definition) is 3. The van der Waals surface area contributed by atoms with Gasteiger partial charge in [0.15, 0.2) is 5.82 Å². The Bertz CT molecular complexity index is 1400. The Balaban J connectivity index is 1.46. The van der Waals surface area contributed by atoms with Crippen molar-refractivity contribution in [3.8, 4) is 11.4 Å². The minimum absolute atomic E-state index is 0.235. The zero-order chi connectivity index (χ0) is 21.4. The summed E-state index contributed by atoms with van der Waals surface area (Å²) in [6.45, 7) is 0.303. The molecule has 5 rings (SSSR count). The fraction of sp³-hybridized carbons (Fsp3) is 0.136. The third-order valence-electron chi connectivity index (χ3n) is 5.08. The van der Waals surface area contributed by atoms with Crippen LogP contribution in [0.1, 0.15) is 16.2 Å². The van der Waals surface area contributed by atoms with Crippen molar-refractivity contribution in [2.24, 2.45) is 7.05 Å². The van der Waals surface area contributed by atoms with Gasteiger partial charge in [-0.1, -0.05) is 12.1 Å². The molecule has 0 bridgehead atoms. The number of carbonyl (C=O) groups is 1. The van der Waals surface area contributed by atoms with Crippen molar-refractivity contribution in [1.82, 2.24) is 34.8 Å². The normalized spacial score (nSPS) is 11.2. The van der Waals surface area contributed by atoms with Crippen LogP contribution < -0.4 is 10.6 Å². The maximum atomic E-state index is 12.3. The van der Waals surface area contributed by atoms with Crippen LogP contribution in [0.5, 0.6) is 0 Å². The van der Waals surface area contributed by atoms with Gasteiger partial charge >= 0.3 is 0 Å². The number of H-pyrrole nitrogens is 1. The van der Waals surface area contributed by atoms with Crippen molar-refractivity contribution in [3.63, 3.8) is 0 Å². The molecule has 0 aliphatic rings. The molecule has 31 heavy (non-hydrogen) atoms. The van der Waals surface area contributed by atoms with E-state index in [-0.39, 0.29) is 5.91 Å². The quantitative estimate of drug-likeness (QED) is 0.409. The molecule has 0 saturated heterocycles. The number of imidazole rings is 1. The molecule has 0 fully saturated rings. The first kappa shape index (κ1) is 18.7. The summed E-state index contributed by atoms with van der Waals surface area (Å²) in [6, 6.07) is 13.0. The van der Waals surface area contributed by atoms with Crippen molar-refractivity contribution in [2.45, 2.75) is 6.54 Å². The summed E-state index contributed by atoms with van der Waals surface area (Å²) < 4.78 is 1.98. The van der Waals surface area contributed by atoms with Gasteiger partial charge in [0.05, 0.1) is 35.5 Å². The van der Waals surface area contributed by atoms with Crippen LogP contribution in [-0.2, 0) is 13.6 Å². The van der Waals surface area contributed by atoms with Gasteiger partial charge in [0, 0.05) is 25.7 Å². The number of nitrogens with one attached hydrogen (secondary N) is 3. The number of nitrogens with zero attached hydrogens (tertiary/aromatic N) is 5. The Labute approximate surface area is 177 Å². The average Bonchev–Trinajstić information content (AvgIpc) is 3.41. The van der Waals surface area contributed by atoms with E-state index in [0.29, 0.717) is 12.2 Å². The molecule has 0 aliphatic carbocycles. The lowest BCUT2D eigenvalue weighted by atomic mass is 10.2. The van der Waals surface area contributed by atoms with Crippen molar-refractivity contribution in [1.29, 1.82) is 0 Å². The van der Waals surface area contributed by atoms with E-state index >= 15 is 0 Å². The van der Waals surface area contributed by atoms with Gasteiger partial charge in [-0.3, -0.25) is 9.78 Å². The van der Waals surface area contributed by atoms with E-state index in [1.165, 1.54) is 0 Å². The molecule has 154 valence electrons. The third kappa shape index (κ3) is 3.35. The lowest BCUT2D eigenvalue weighted by molar-refractivity contribution is 0.0945. The van der Waals surface area contributed by atoms with E-state index in [9.17, 15) is 4.79 Å². The van der Waals surface area contributed by atoms with E-state index in [1.54, 1.807) is 30.7 Å². The highest BCUT2D eigenvalue weighted by Crippen LogP contribution is 2.31. The Kier molecular flexibility index (Phi) is 4.55. The second-order valence-corrected chi connectivity index (χ2v) is 7.12. The van der Waals surface area contributed by atoms with Gasteiger partial charge in [-0.15, -0.1) is 0 Å². The predicted octanol–water partition coefficient (Wildman–Crippen LogP) is 2.88. The maximum absolute atomic E-state index is 12.3. The smallest absolute Gasteiger partial charge is 0.270 e. The highest BCUT2D eigenvalue weighted by atomic mass is 16.1. The van der Waals surface area contributed by atoms with Crippen molar-refractivity contribution in [3.05, 3.63) is 66.4 Å². The Hall–Kier alpha value is -4.27. The van der Waals surface area contributed by atoms with Crippen LogP contribution >= 0.6 is 0 Å². The van der Waals surface area contributed by atoms with Gasteiger partial charge in [-0.05, 0) is 30.3 Å². The molecule has 0 radical (unpaired) electrons. The molecule has 9 heteroatoms. The largest absolute Gasteiger partial charge is 0.371 e. The molecule has 5 aromatic rings. The second kappa shape index (κ2) is 7.52. The SMILES string of the molecule is CNc1nc2[nH]c(-c3cccc(CNC(=O)c4ccccn4)n3)cc2c2c1ncn2C. The topological polar surface area (TPSA) is 113 Å². The highest BCUT2D eigenvalue weighted by molar-refractivity contribution is 6.07. The second-order valence-electron chi connectivity index (χ2n) is 7.12. The number of amides is 1. The van der Waals surface area contributed by atoms with E-state index in [4.69, 9.17) is 4.98 Å². The van der Waals surface area contributed by atoms with Gasteiger partial charge < -0.3 is 20.2 Å². The molecule has 9 nitrogen and oxygen atoms in total. The highest BCUT2D eigenvalue weighted by Gasteiger charge is 2.16. The summed E-state index contributed by atoms with van der Waals surface area (Å²) >= 11 is 0. The number of fused-ring (bicyclic) bond motifs is 3. The Morgan fingerprint density at radius 2 is 2.03 bits per heavy atom. The van der Waals surface area contributed by atoms with E-state index in [2.05, 4.69) is 30.6 Å². The fourth-order valence-electron chi connectivity index (χ4n) is 3.60. The number of aromatic amines is 1. The first-order valence-corrected chi connectivity index (χ1v) is 9.81. The molecule has 0 aliphatic heterocycles. The van der Waals surface area contributed by atoms with Crippen molar-refractivity contribution >= 4 is 33.8 Å². The summed E-state index contributed by atoms with van der Waals surface area (Å²) in [5.41, 5.74) is 5.31. The summed E-state index contributed by atoms with van der Waals surface area (Å²) in [5, 5.41) is 6.94. The average molecular weight is 412 g/mol. The van der Waals surface area contributed by atoms with E-state index in [0.717, 1.165) is 45.0 Å². The summed E-state index contributed by atoms with van der Waals surface area (Å²) in [6.07, 6.45) is 3.37. The summed E-state index contributed by atoms with van der Waals surface area (Å²) in [5.74, 6) is 0.483. The van der Waals surface area contributed by atoms with Crippen LogP contribution in [0.2, 0.25) is 0 Å². The molecule has 5 heterocycles. The molecule has 5 aromatic heterocycles. The molecule has 0 spiro atoms. The van der Waals surface area contributed by atoms with Crippen LogP contribution in [0.4, 0.5) is 5.82 Å². The van der Waals surface area contributed by atoms with Crippen LogP contribution in [0, 0.1) is 0 Å². The molecule has 0 saturated carbocycles. The number of pyridine rings is 3. The first-order chi connectivity index (χ1) is 15.1. The molecule has 1 amide bonds. The van der Waals surface area contributed by atoms with Crippen LogP contribution in [0.15, 0.2) is 55.0 Å². The molecular formula is C22H20N8O. The molecular weight excluding hydrogens is 392 g/mol. The molecule has 0 unspecified atom stereocenters. The number of aromatic nitrogens is 6. The molecule has 0 aromatic carbocycles. The number of aryl methyl sites for hydroxylation is 1. The van der Waals surface area contributed by atoms with E-state index in [1.807, 2.05) is 42.9 Å². The lowest BCUT2D eigenvalue weighted by Crippen LogP contribution is -2.24. The Morgan fingerprint density at radius 3 is 2.84 bits per heavy atom. The minimum atomic E-state index is -0.235. The first-order valence-electron chi connectivity index (χ1n) is 9.81.